The molecule has 0 aliphatic carbocycles. The Bertz CT molecular complexity index is 954. The second-order valence-electron chi connectivity index (χ2n) is 6.32. The molecule has 0 unspecified atom stereocenters. The van der Waals surface area contributed by atoms with Gasteiger partial charge >= 0.3 is 0 Å². The van der Waals surface area contributed by atoms with Crippen LogP contribution in [0.3, 0.4) is 0 Å². The van der Waals surface area contributed by atoms with Crippen molar-refractivity contribution in [2.45, 2.75) is 0 Å². The van der Waals surface area contributed by atoms with Gasteiger partial charge in [0.1, 0.15) is 28.5 Å². The summed E-state index contributed by atoms with van der Waals surface area (Å²) in [5.41, 5.74) is -1.13. The fraction of sp³-hybridized carbons (Fsp3) is 0.263. The molecular weight excluding hydrogens is 388 g/mol. The normalized spacial score (nSPS) is 13.9. The second kappa shape index (κ2) is 8.21. The Hall–Kier alpha value is -3.56. The third kappa shape index (κ3) is 4.00. The molecule has 1 heterocycles. The molecule has 0 saturated carbocycles. The van der Waals surface area contributed by atoms with Gasteiger partial charge in [-0.25, -0.2) is 8.78 Å². The molecule has 1 aliphatic rings. The van der Waals surface area contributed by atoms with Crippen LogP contribution in [0.4, 0.5) is 14.5 Å². The molecule has 29 heavy (non-hydrogen) atoms. The minimum absolute atomic E-state index is 0.0378. The van der Waals surface area contributed by atoms with Crippen molar-refractivity contribution in [1.82, 2.24) is 9.80 Å². The van der Waals surface area contributed by atoms with Crippen LogP contribution in [0, 0.1) is 21.7 Å². The molecule has 10 heteroatoms. The van der Waals surface area contributed by atoms with Crippen LogP contribution < -0.4 is 4.74 Å². The molecule has 0 bridgehead atoms. The molecule has 0 radical (unpaired) electrons. The maximum absolute atomic E-state index is 13.8. The van der Waals surface area contributed by atoms with Gasteiger partial charge in [0, 0.05) is 32.2 Å². The molecular formula is C19H17F2N3O5. The van der Waals surface area contributed by atoms with Gasteiger partial charge in [-0.15, -0.1) is 0 Å². The van der Waals surface area contributed by atoms with Crippen LogP contribution in [0.25, 0.3) is 0 Å². The maximum Gasteiger partial charge on any atom is 0.282 e. The Morgan fingerprint density at radius 2 is 1.55 bits per heavy atom. The van der Waals surface area contributed by atoms with Crippen LogP contribution in [0.5, 0.6) is 5.75 Å². The lowest BCUT2D eigenvalue weighted by Crippen LogP contribution is -2.51. The zero-order chi connectivity index (χ0) is 21.1. The number of nitrogens with zero attached hydrogens (tertiary/aromatic N) is 3. The maximum atomic E-state index is 13.8. The van der Waals surface area contributed by atoms with Crippen molar-refractivity contribution < 1.29 is 28.0 Å². The molecule has 0 aromatic heterocycles. The van der Waals surface area contributed by atoms with Crippen molar-refractivity contribution >= 4 is 17.5 Å². The molecule has 1 saturated heterocycles. The number of rotatable bonds is 4. The number of nitro groups is 1. The van der Waals surface area contributed by atoms with Crippen LogP contribution >= 0.6 is 0 Å². The highest BCUT2D eigenvalue weighted by Crippen LogP contribution is 2.26. The van der Waals surface area contributed by atoms with E-state index >= 15 is 0 Å². The number of methoxy groups -OCH3 is 1. The predicted octanol–water partition coefficient (Wildman–Crippen LogP) is 2.48. The summed E-state index contributed by atoms with van der Waals surface area (Å²) in [5, 5.41) is 11.2. The SMILES string of the molecule is COc1ccc([N+](=O)[O-])c(C(=O)N2CCN(C(=O)c3c(F)cccc3F)CC2)c1. The van der Waals surface area contributed by atoms with E-state index in [1.807, 2.05) is 0 Å². The summed E-state index contributed by atoms with van der Waals surface area (Å²) in [7, 11) is 1.38. The highest BCUT2D eigenvalue weighted by Gasteiger charge is 2.31. The number of benzene rings is 2. The van der Waals surface area contributed by atoms with Crippen LogP contribution in [0.2, 0.25) is 0 Å². The van der Waals surface area contributed by atoms with Crippen molar-refractivity contribution in [3.63, 3.8) is 0 Å². The average Bonchev–Trinajstić information content (AvgIpc) is 2.72. The van der Waals surface area contributed by atoms with Crippen molar-refractivity contribution in [3.8, 4) is 5.75 Å². The summed E-state index contributed by atoms with van der Waals surface area (Å²) < 4.78 is 32.7. The van der Waals surface area contributed by atoms with Crippen LogP contribution in [0.1, 0.15) is 20.7 Å². The summed E-state index contributed by atoms with van der Waals surface area (Å²) in [6.07, 6.45) is 0. The monoisotopic (exact) mass is 405 g/mol. The molecule has 2 aromatic rings. The van der Waals surface area contributed by atoms with Gasteiger partial charge in [0.25, 0.3) is 17.5 Å². The van der Waals surface area contributed by atoms with E-state index in [9.17, 15) is 28.5 Å². The summed E-state index contributed by atoms with van der Waals surface area (Å²) in [6.45, 7) is 0.205. The molecule has 1 aliphatic heterocycles. The molecule has 3 rings (SSSR count). The van der Waals surface area contributed by atoms with Crippen molar-refractivity contribution in [2.75, 3.05) is 33.3 Å². The quantitative estimate of drug-likeness (QED) is 0.576. The van der Waals surface area contributed by atoms with Gasteiger partial charge in [-0.3, -0.25) is 19.7 Å². The van der Waals surface area contributed by atoms with Crippen molar-refractivity contribution in [1.29, 1.82) is 0 Å². The Morgan fingerprint density at radius 1 is 1.00 bits per heavy atom. The van der Waals surface area contributed by atoms with E-state index in [1.165, 1.54) is 41.2 Å². The molecule has 0 atom stereocenters. The summed E-state index contributed by atoms with van der Waals surface area (Å²) in [5.74, 6) is -3.01. The number of amides is 2. The molecule has 0 spiro atoms. The number of carbonyl (C=O) groups excluding carboxylic acids is 2. The smallest absolute Gasteiger partial charge is 0.282 e. The summed E-state index contributed by atoms with van der Waals surface area (Å²) in [6, 6.07) is 7.02. The number of hydrogen-bond donors (Lipinski definition) is 0. The van der Waals surface area contributed by atoms with Gasteiger partial charge in [-0.2, -0.15) is 0 Å². The first-order valence-corrected chi connectivity index (χ1v) is 8.68. The number of carbonyl (C=O) groups is 2. The van der Waals surface area contributed by atoms with Gasteiger partial charge in [-0.1, -0.05) is 6.07 Å². The Morgan fingerprint density at radius 3 is 2.07 bits per heavy atom. The fourth-order valence-corrected chi connectivity index (χ4v) is 3.12. The third-order valence-electron chi connectivity index (χ3n) is 4.66. The summed E-state index contributed by atoms with van der Waals surface area (Å²) in [4.78, 5) is 38.4. The number of ether oxygens (including phenoxy) is 1. The zero-order valence-corrected chi connectivity index (χ0v) is 15.4. The first kappa shape index (κ1) is 20.2. The minimum atomic E-state index is -0.958. The first-order chi connectivity index (χ1) is 13.8. The molecule has 2 amide bonds. The Kier molecular flexibility index (Phi) is 5.71. The van der Waals surface area contributed by atoms with E-state index in [2.05, 4.69) is 0 Å². The second-order valence-corrected chi connectivity index (χ2v) is 6.32. The molecule has 152 valence electrons. The van der Waals surface area contributed by atoms with Crippen molar-refractivity contribution in [2.24, 2.45) is 0 Å². The van der Waals surface area contributed by atoms with Gasteiger partial charge < -0.3 is 14.5 Å². The first-order valence-electron chi connectivity index (χ1n) is 8.68. The van der Waals surface area contributed by atoms with Crippen LogP contribution in [0.15, 0.2) is 36.4 Å². The number of halogens is 2. The molecule has 0 N–H and O–H groups in total. The Balaban J connectivity index is 1.75. The lowest BCUT2D eigenvalue weighted by Gasteiger charge is -2.34. The van der Waals surface area contributed by atoms with Gasteiger partial charge in [0.15, 0.2) is 0 Å². The minimum Gasteiger partial charge on any atom is -0.497 e. The topological polar surface area (TPSA) is 93.0 Å². The van der Waals surface area contributed by atoms with E-state index in [0.717, 1.165) is 12.1 Å². The largest absolute Gasteiger partial charge is 0.497 e. The van der Waals surface area contributed by atoms with Crippen LogP contribution in [-0.4, -0.2) is 59.8 Å². The molecule has 8 nitrogen and oxygen atoms in total. The van der Waals surface area contributed by atoms with E-state index in [0.29, 0.717) is 5.75 Å². The zero-order valence-electron chi connectivity index (χ0n) is 15.4. The van der Waals surface area contributed by atoms with Crippen molar-refractivity contribution in [3.05, 3.63) is 69.3 Å². The molecule has 2 aromatic carbocycles. The highest BCUT2D eigenvalue weighted by atomic mass is 19.1. The van der Waals surface area contributed by atoms with E-state index < -0.39 is 33.9 Å². The summed E-state index contributed by atoms with van der Waals surface area (Å²) >= 11 is 0. The van der Waals surface area contributed by atoms with E-state index in [4.69, 9.17) is 4.74 Å². The predicted molar refractivity (Wildman–Crippen MR) is 97.8 cm³/mol. The number of nitro benzene ring substituents is 1. The molecule has 1 fully saturated rings. The lowest BCUT2D eigenvalue weighted by molar-refractivity contribution is -0.385. The van der Waals surface area contributed by atoms with Gasteiger partial charge in [0.2, 0.25) is 0 Å². The van der Waals surface area contributed by atoms with E-state index in [1.54, 1.807) is 0 Å². The fourth-order valence-electron chi connectivity index (χ4n) is 3.12. The standard InChI is InChI=1S/C19H17F2N3O5/c1-29-12-5-6-16(24(27)28)13(11-12)18(25)22-7-9-23(10-8-22)19(26)17-14(20)3-2-4-15(17)21/h2-6,11H,7-10H2,1H3. The Labute approximate surface area is 164 Å². The van der Waals surface area contributed by atoms with Gasteiger partial charge in [-0.05, 0) is 24.3 Å². The highest BCUT2D eigenvalue weighted by molar-refractivity contribution is 5.99. The van der Waals surface area contributed by atoms with Crippen LogP contribution in [-0.2, 0) is 0 Å². The third-order valence-corrected chi connectivity index (χ3v) is 4.66. The van der Waals surface area contributed by atoms with Gasteiger partial charge in [0.05, 0.1) is 12.0 Å². The number of piperazine rings is 1. The number of hydrogen-bond acceptors (Lipinski definition) is 5. The lowest BCUT2D eigenvalue weighted by atomic mass is 10.1. The average molecular weight is 405 g/mol. The van der Waals surface area contributed by atoms with E-state index in [-0.39, 0.29) is 37.4 Å².